The van der Waals surface area contributed by atoms with E-state index < -0.39 is 15.2 Å². The summed E-state index contributed by atoms with van der Waals surface area (Å²) in [7, 11) is -0.574. The van der Waals surface area contributed by atoms with Crippen LogP contribution in [0.3, 0.4) is 0 Å². The summed E-state index contributed by atoms with van der Waals surface area (Å²) < 4.78 is 0. The van der Waals surface area contributed by atoms with E-state index in [0.717, 1.165) is 0 Å². The summed E-state index contributed by atoms with van der Waals surface area (Å²) in [5, 5.41) is 0. The zero-order valence-corrected chi connectivity index (χ0v) is 7.73. The Labute approximate surface area is 50.9 Å². The molecule has 0 aliphatic rings. The van der Waals surface area contributed by atoms with Crippen LogP contribution in [0.1, 0.15) is 0 Å². The summed E-state index contributed by atoms with van der Waals surface area (Å²) in [5.74, 6) is 0. The van der Waals surface area contributed by atoms with Gasteiger partial charge >= 0.3 is 0 Å². The molecule has 0 spiro atoms. The van der Waals surface area contributed by atoms with Gasteiger partial charge in [0.25, 0.3) is 0 Å². The number of rotatable bonds is 1. The lowest BCUT2D eigenvalue weighted by molar-refractivity contribution is 2.10. The molecule has 0 aromatic rings. The molecule has 0 atom stereocenters. The molecule has 4 heteroatoms. The summed E-state index contributed by atoms with van der Waals surface area (Å²) in [5.41, 5.74) is 0. The molecule has 0 saturated carbocycles. The molecule has 6 heavy (non-hydrogen) atoms. The second kappa shape index (κ2) is 3.07. The standard InChI is InChI=1S/C2H8Cl2Si2/c1-5(2)6(3)4/h5-6H,1-2H3. The zero-order chi connectivity index (χ0) is 5.15. The van der Waals surface area contributed by atoms with Gasteiger partial charge in [0.2, 0.25) is 6.93 Å². The number of hydrogen-bond donors (Lipinski definition) is 0. The van der Waals surface area contributed by atoms with Crippen molar-refractivity contribution in [3.05, 3.63) is 0 Å². The highest BCUT2D eigenvalue weighted by atomic mass is 35.7. The maximum Gasteiger partial charge on any atom is 0.221 e. The van der Waals surface area contributed by atoms with Crippen molar-refractivity contribution in [3.63, 3.8) is 0 Å². The molecule has 0 saturated heterocycles. The average Bonchev–Trinajstić information content (AvgIpc) is 1.36. The molecule has 0 amide bonds. The van der Waals surface area contributed by atoms with Gasteiger partial charge in [-0.1, -0.05) is 13.1 Å². The van der Waals surface area contributed by atoms with Crippen LogP contribution in [0, 0.1) is 0 Å². The molecule has 0 N–H and O–H groups in total. The number of halogens is 2. The summed E-state index contributed by atoms with van der Waals surface area (Å²) in [6.07, 6.45) is 0. The Kier molecular flexibility index (Phi) is 3.59. The van der Waals surface area contributed by atoms with Crippen molar-refractivity contribution in [2.75, 3.05) is 0 Å². The van der Waals surface area contributed by atoms with E-state index in [9.17, 15) is 0 Å². The van der Waals surface area contributed by atoms with Gasteiger partial charge in [0.05, 0.1) is 8.31 Å². The molecule has 0 aromatic heterocycles. The topological polar surface area (TPSA) is 0 Å². The molecule has 0 heterocycles. The van der Waals surface area contributed by atoms with Gasteiger partial charge in [0.15, 0.2) is 0 Å². The molecule has 0 nitrogen and oxygen atoms in total. The fraction of sp³-hybridized carbons (Fsp3) is 1.00. The normalized spacial score (nSPS) is 11.0. The Bertz CT molecular complexity index is 30.5. The van der Waals surface area contributed by atoms with Crippen LogP contribution < -0.4 is 0 Å². The third-order valence-electron chi connectivity index (χ3n) is 0.504. The Morgan fingerprint density at radius 2 is 1.33 bits per heavy atom. The molecular formula is C2H8Cl2Si2. The van der Waals surface area contributed by atoms with Crippen LogP contribution in [0.15, 0.2) is 0 Å². The lowest BCUT2D eigenvalue weighted by Gasteiger charge is -1.95. The molecule has 0 aromatic carbocycles. The smallest absolute Gasteiger partial charge is 0.155 e. The predicted molar refractivity (Wildman–Crippen MR) is 37.7 cm³/mol. The third-order valence-corrected chi connectivity index (χ3v) is 13.6. The van der Waals surface area contributed by atoms with Gasteiger partial charge in [-0.05, 0) is 0 Å². The van der Waals surface area contributed by atoms with Crippen LogP contribution >= 0.6 is 22.2 Å². The van der Waals surface area contributed by atoms with E-state index in [0.29, 0.717) is 0 Å². The first kappa shape index (κ1) is 7.01. The van der Waals surface area contributed by atoms with Gasteiger partial charge < -0.3 is 0 Å². The van der Waals surface area contributed by atoms with Gasteiger partial charge in [0.1, 0.15) is 0 Å². The minimum atomic E-state index is -1.16. The molecular weight excluding hydrogens is 151 g/mol. The summed E-state index contributed by atoms with van der Waals surface area (Å²) in [4.78, 5) is 0. The largest absolute Gasteiger partial charge is 0.221 e. The van der Waals surface area contributed by atoms with Crippen molar-refractivity contribution in [3.8, 4) is 0 Å². The Hall–Kier alpha value is 1.01. The van der Waals surface area contributed by atoms with Gasteiger partial charge in [-0.15, -0.1) is 0 Å². The van der Waals surface area contributed by atoms with E-state index in [2.05, 4.69) is 13.1 Å². The highest BCUT2D eigenvalue weighted by Crippen LogP contribution is 1.98. The fourth-order valence-electron chi connectivity index (χ4n) is 0. The van der Waals surface area contributed by atoms with Crippen LogP contribution in [0.25, 0.3) is 0 Å². The molecule has 0 bridgehead atoms. The second-order valence-corrected chi connectivity index (χ2v) is 16.8. The zero-order valence-electron chi connectivity index (χ0n) is 3.91. The molecule has 0 aliphatic heterocycles. The monoisotopic (exact) mass is 158 g/mol. The Balaban J connectivity index is 2.99. The number of hydrogen-bond acceptors (Lipinski definition) is 0. The Morgan fingerprint density at radius 3 is 1.33 bits per heavy atom. The first-order chi connectivity index (χ1) is 2.64. The lowest BCUT2D eigenvalue weighted by Crippen LogP contribution is -2.16. The first-order valence-corrected chi connectivity index (χ1v) is 10.4. The summed E-state index contributed by atoms with van der Waals surface area (Å²) >= 11 is 11.2. The molecule has 0 radical (unpaired) electrons. The summed E-state index contributed by atoms with van der Waals surface area (Å²) in [6, 6.07) is 0. The average molecular weight is 159 g/mol. The van der Waals surface area contributed by atoms with Crippen molar-refractivity contribution in [1.29, 1.82) is 0 Å². The fourth-order valence-corrected chi connectivity index (χ4v) is 0. The van der Waals surface area contributed by atoms with Gasteiger partial charge in [-0.25, -0.2) is 0 Å². The van der Waals surface area contributed by atoms with Crippen molar-refractivity contribution in [2.45, 2.75) is 13.1 Å². The minimum absolute atomic E-state index is 0.574. The van der Waals surface area contributed by atoms with Crippen molar-refractivity contribution >= 4 is 37.4 Å². The quantitative estimate of drug-likeness (QED) is 0.399. The minimum Gasteiger partial charge on any atom is -0.155 e. The van der Waals surface area contributed by atoms with Crippen molar-refractivity contribution in [2.24, 2.45) is 0 Å². The van der Waals surface area contributed by atoms with E-state index in [4.69, 9.17) is 22.2 Å². The van der Waals surface area contributed by atoms with Crippen LogP contribution in [-0.4, -0.2) is 15.2 Å². The van der Waals surface area contributed by atoms with E-state index >= 15 is 0 Å². The highest BCUT2D eigenvalue weighted by molar-refractivity contribution is 7.60. The lowest BCUT2D eigenvalue weighted by atomic mass is 11.9. The van der Waals surface area contributed by atoms with Gasteiger partial charge in [0, 0.05) is 0 Å². The van der Waals surface area contributed by atoms with E-state index in [-0.39, 0.29) is 0 Å². The summed E-state index contributed by atoms with van der Waals surface area (Å²) in [6.45, 7) is 3.19. The SMILES string of the molecule is C[SiH](C)[SiH](Cl)Cl. The van der Waals surface area contributed by atoms with E-state index in [1.54, 1.807) is 0 Å². The highest BCUT2D eigenvalue weighted by Gasteiger charge is 2.06. The van der Waals surface area contributed by atoms with Crippen molar-refractivity contribution < 1.29 is 0 Å². The maximum atomic E-state index is 5.58. The van der Waals surface area contributed by atoms with Crippen LogP contribution in [0.2, 0.25) is 13.1 Å². The van der Waals surface area contributed by atoms with E-state index in [1.165, 1.54) is 0 Å². The van der Waals surface area contributed by atoms with Gasteiger partial charge in [-0.3, -0.25) is 0 Å². The maximum absolute atomic E-state index is 5.58. The van der Waals surface area contributed by atoms with Crippen LogP contribution in [-0.2, 0) is 0 Å². The predicted octanol–water partition coefficient (Wildman–Crippen LogP) is 1.25. The molecule has 0 unspecified atom stereocenters. The van der Waals surface area contributed by atoms with Crippen LogP contribution in [0.4, 0.5) is 0 Å². The second-order valence-electron chi connectivity index (χ2n) is 1.58. The first-order valence-electron chi connectivity index (χ1n) is 1.92. The van der Waals surface area contributed by atoms with E-state index in [1.807, 2.05) is 0 Å². The molecule has 38 valence electrons. The molecule has 0 rings (SSSR count). The Morgan fingerprint density at radius 1 is 1.17 bits per heavy atom. The molecule has 0 fully saturated rings. The third kappa shape index (κ3) is 3.21. The van der Waals surface area contributed by atoms with Crippen LogP contribution in [0.5, 0.6) is 0 Å². The van der Waals surface area contributed by atoms with Gasteiger partial charge in [-0.2, -0.15) is 22.2 Å². The van der Waals surface area contributed by atoms with Crippen molar-refractivity contribution in [1.82, 2.24) is 0 Å². The molecule has 0 aliphatic carbocycles.